The molecule has 1 aliphatic carbocycles. The van der Waals surface area contributed by atoms with E-state index in [9.17, 15) is 12.8 Å². The third-order valence-electron chi connectivity index (χ3n) is 3.54. The molecule has 18 heavy (non-hydrogen) atoms. The first-order valence-corrected chi connectivity index (χ1v) is 7.45. The van der Waals surface area contributed by atoms with Crippen LogP contribution >= 0.6 is 0 Å². The number of anilines is 1. The first kappa shape index (κ1) is 13.3. The lowest BCUT2D eigenvalue weighted by Crippen LogP contribution is -2.52. The molecule has 1 aliphatic rings. The predicted octanol–water partition coefficient (Wildman–Crippen LogP) is 2.02. The topological polar surface area (TPSA) is 72.2 Å². The monoisotopic (exact) mass is 272 g/mol. The Balaban J connectivity index is 2.30. The number of rotatable bonds is 4. The van der Waals surface area contributed by atoms with Gasteiger partial charge >= 0.3 is 0 Å². The quantitative estimate of drug-likeness (QED) is 0.824. The van der Waals surface area contributed by atoms with E-state index in [0.29, 0.717) is 0 Å². The standard InChI is InChI=1S/C12H17FN2O2S/c1-2-12(4-3-5-12)15-18(16,17)11-7-9(13)6-10(14)8-11/h6-8,15H,2-5,14H2,1H3. The summed E-state index contributed by atoms with van der Waals surface area (Å²) in [4.78, 5) is -0.111. The number of nitrogen functional groups attached to an aromatic ring is 1. The zero-order valence-electron chi connectivity index (χ0n) is 10.2. The Morgan fingerprint density at radius 2 is 2.06 bits per heavy atom. The minimum atomic E-state index is -3.71. The zero-order valence-corrected chi connectivity index (χ0v) is 11.1. The van der Waals surface area contributed by atoms with E-state index in [1.807, 2.05) is 6.92 Å². The molecule has 1 fully saturated rings. The molecule has 0 aromatic heterocycles. The molecule has 1 saturated carbocycles. The van der Waals surface area contributed by atoms with Crippen LogP contribution in [0.5, 0.6) is 0 Å². The van der Waals surface area contributed by atoms with E-state index < -0.39 is 15.8 Å². The van der Waals surface area contributed by atoms with Gasteiger partial charge in [-0.25, -0.2) is 17.5 Å². The Labute approximate surface area is 106 Å². The van der Waals surface area contributed by atoms with Gasteiger partial charge in [0.1, 0.15) is 5.82 Å². The SMILES string of the molecule is CCC1(NS(=O)(=O)c2cc(N)cc(F)c2)CCC1. The van der Waals surface area contributed by atoms with Crippen LogP contribution in [0.25, 0.3) is 0 Å². The summed E-state index contributed by atoms with van der Waals surface area (Å²) in [5.74, 6) is -0.644. The second-order valence-electron chi connectivity index (χ2n) is 4.81. The van der Waals surface area contributed by atoms with Gasteiger partial charge in [-0.1, -0.05) is 6.92 Å². The van der Waals surface area contributed by atoms with Gasteiger partial charge in [-0.3, -0.25) is 0 Å². The van der Waals surface area contributed by atoms with E-state index in [0.717, 1.165) is 37.8 Å². The molecule has 1 aromatic carbocycles. The highest BCUT2D eigenvalue weighted by Gasteiger charge is 2.39. The molecule has 0 bridgehead atoms. The van der Waals surface area contributed by atoms with Gasteiger partial charge in [0, 0.05) is 11.2 Å². The van der Waals surface area contributed by atoms with Gasteiger partial charge in [-0.15, -0.1) is 0 Å². The molecule has 2 rings (SSSR count). The summed E-state index contributed by atoms with van der Waals surface area (Å²) in [6.45, 7) is 1.95. The van der Waals surface area contributed by atoms with Crippen molar-refractivity contribution in [2.75, 3.05) is 5.73 Å². The third kappa shape index (κ3) is 2.49. The summed E-state index contributed by atoms with van der Waals surface area (Å²) in [6.07, 6.45) is 3.40. The van der Waals surface area contributed by atoms with Crippen LogP contribution in [0.1, 0.15) is 32.6 Å². The summed E-state index contributed by atoms with van der Waals surface area (Å²) in [5, 5.41) is 0. The molecule has 0 unspecified atom stereocenters. The number of halogens is 1. The molecule has 0 spiro atoms. The van der Waals surface area contributed by atoms with Crippen LogP contribution in [0, 0.1) is 5.82 Å². The van der Waals surface area contributed by atoms with Crippen molar-refractivity contribution < 1.29 is 12.8 Å². The van der Waals surface area contributed by atoms with E-state index in [1.54, 1.807) is 0 Å². The van der Waals surface area contributed by atoms with E-state index >= 15 is 0 Å². The van der Waals surface area contributed by atoms with E-state index in [1.165, 1.54) is 6.07 Å². The van der Waals surface area contributed by atoms with Crippen LogP contribution in [0.2, 0.25) is 0 Å². The van der Waals surface area contributed by atoms with Crippen molar-refractivity contribution in [2.24, 2.45) is 0 Å². The number of nitrogens with two attached hydrogens (primary N) is 1. The fraction of sp³-hybridized carbons (Fsp3) is 0.500. The Kier molecular flexibility index (Phi) is 3.33. The van der Waals surface area contributed by atoms with Gasteiger partial charge < -0.3 is 5.73 Å². The molecule has 0 amide bonds. The maximum atomic E-state index is 13.2. The normalized spacial score (nSPS) is 18.3. The lowest BCUT2D eigenvalue weighted by Gasteiger charge is -2.41. The Morgan fingerprint density at radius 3 is 2.50 bits per heavy atom. The number of hydrogen-bond acceptors (Lipinski definition) is 3. The van der Waals surface area contributed by atoms with Crippen molar-refractivity contribution in [1.82, 2.24) is 4.72 Å². The molecule has 6 heteroatoms. The van der Waals surface area contributed by atoms with Gasteiger partial charge in [0.15, 0.2) is 0 Å². The van der Waals surface area contributed by atoms with Crippen LogP contribution in [0.4, 0.5) is 10.1 Å². The molecule has 0 radical (unpaired) electrons. The highest BCUT2D eigenvalue weighted by molar-refractivity contribution is 7.89. The summed E-state index contributed by atoms with van der Waals surface area (Å²) in [7, 11) is -3.71. The fourth-order valence-corrected chi connectivity index (χ4v) is 3.81. The zero-order chi connectivity index (χ0) is 13.4. The lowest BCUT2D eigenvalue weighted by atomic mass is 9.76. The van der Waals surface area contributed by atoms with Gasteiger partial charge in [-0.05, 0) is 43.9 Å². The molecular weight excluding hydrogens is 255 g/mol. The fourth-order valence-electron chi connectivity index (χ4n) is 2.21. The summed E-state index contributed by atoms with van der Waals surface area (Å²) in [6, 6.07) is 3.35. The van der Waals surface area contributed by atoms with Crippen LogP contribution < -0.4 is 10.5 Å². The number of hydrogen-bond donors (Lipinski definition) is 2. The second kappa shape index (κ2) is 4.51. The van der Waals surface area contributed by atoms with E-state index in [4.69, 9.17) is 5.73 Å². The highest BCUT2D eigenvalue weighted by Crippen LogP contribution is 2.36. The van der Waals surface area contributed by atoms with Crippen molar-refractivity contribution >= 4 is 15.7 Å². The van der Waals surface area contributed by atoms with Gasteiger partial charge in [0.25, 0.3) is 0 Å². The van der Waals surface area contributed by atoms with Crippen molar-refractivity contribution in [1.29, 1.82) is 0 Å². The van der Waals surface area contributed by atoms with Crippen molar-refractivity contribution in [3.63, 3.8) is 0 Å². The van der Waals surface area contributed by atoms with Crippen LogP contribution in [0.3, 0.4) is 0 Å². The molecule has 3 N–H and O–H groups in total. The van der Waals surface area contributed by atoms with Crippen LogP contribution in [0.15, 0.2) is 23.1 Å². The van der Waals surface area contributed by atoms with Gasteiger partial charge in [0.2, 0.25) is 10.0 Å². The van der Waals surface area contributed by atoms with E-state index in [-0.39, 0.29) is 16.1 Å². The molecule has 0 atom stereocenters. The molecule has 0 aliphatic heterocycles. The van der Waals surface area contributed by atoms with Crippen molar-refractivity contribution in [2.45, 2.75) is 43.0 Å². The molecule has 1 aromatic rings. The number of nitrogens with one attached hydrogen (secondary N) is 1. The predicted molar refractivity (Wildman–Crippen MR) is 68.0 cm³/mol. The first-order chi connectivity index (χ1) is 8.37. The highest BCUT2D eigenvalue weighted by atomic mass is 32.2. The first-order valence-electron chi connectivity index (χ1n) is 5.97. The minimum Gasteiger partial charge on any atom is -0.399 e. The summed E-state index contributed by atoms with van der Waals surface area (Å²) < 4.78 is 40.2. The average Bonchev–Trinajstić information content (AvgIpc) is 2.22. The maximum absolute atomic E-state index is 13.2. The van der Waals surface area contributed by atoms with E-state index in [2.05, 4.69) is 4.72 Å². The largest absolute Gasteiger partial charge is 0.399 e. The third-order valence-corrected chi connectivity index (χ3v) is 5.10. The molecule has 100 valence electrons. The molecule has 0 heterocycles. The second-order valence-corrected chi connectivity index (χ2v) is 6.50. The van der Waals surface area contributed by atoms with Crippen LogP contribution in [-0.2, 0) is 10.0 Å². The minimum absolute atomic E-state index is 0.106. The summed E-state index contributed by atoms with van der Waals surface area (Å²) >= 11 is 0. The lowest BCUT2D eigenvalue weighted by molar-refractivity contribution is 0.214. The Hall–Kier alpha value is -1.14. The van der Waals surface area contributed by atoms with Gasteiger partial charge in [-0.2, -0.15) is 0 Å². The van der Waals surface area contributed by atoms with Crippen molar-refractivity contribution in [3.8, 4) is 0 Å². The smallest absolute Gasteiger partial charge is 0.241 e. The molecule has 4 nitrogen and oxygen atoms in total. The number of sulfonamides is 1. The molecule has 0 saturated heterocycles. The maximum Gasteiger partial charge on any atom is 0.241 e. The Morgan fingerprint density at radius 1 is 1.39 bits per heavy atom. The van der Waals surface area contributed by atoms with Gasteiger partial charge in [0.05, 0.1) is 4.90 Å². The van der Waals surface area contributed by atoms with Crippen LogP contribution in [-0.4, -0.2) is 14.0 Å². The molecular formula is C12H17FN2O2S. The van der Waals surface area contributed by atoms with Crippen molar-refractivity contribution in [3.05, 3.63) is 24.0 Å². The summed E-state index contributed by atoms with van der Waals surface area (Å²) in [5.41, 5.74) is 5.21. The number of benzene rings is 1. The average molecular weight is 272 g/mol. The Bertz CT molecular complexity index is 527.